The summed E-state index contributed by atoms with van der Waals surface area (Å²) in [6, 6.07) is 2.01. The zero-order valence-corrected chi connectivity index (χ0v) is 10.0. The molecule has 4 atom stereocenters. The second-order valence-corrected chi connectivity index (χ2v) is 5.76. The van der Waals surface area contributed by atoms with E-state index in [2.05, 4.69) is 6.07 Å². The van der Waals surface area contributed by atoms with Crippen molar-refractivity contribution < 1.29 is 4.79 Å². The molecular weight excluding hydrogens is 214 g/mol. The van der Waals surface area contributed by atoms with Crippen molar-refractivity contribution in [1.82, 2.24) is 4.90 Å². The molecule has 2 aliphatic carbocycles. The van der Waals surface area contributed by atoms with Gasteiger partial charge in [-0.25, -0.2) is 0 Å². The number of carbonyl (C=O) groups is 1. The number of hydrogen-bond donors (Lipinski definition) is 1. The normalized spacial score (nSPS) is 37.6. The molecule has 0 aromatic rings. The second-order valence-electron chi connectivity index (χ2n) is 5.76. The molecule has 3 aliphatic rings. The molecule has 4 heteroatoms. The van der Waals surface area contributed by atoms with Gasteiger partial charge in [-0.3, -0.25) is 4.79 Å². The largest absolute Gasteiger partial charge is 0.322 e. The Balaban J connectivity index is 1.70. The number of nitriles is 1. The monoisotopic (exact) mass is 233 g/mol. The molecule has 17 heavy (non-hydrogen) atoms. The summed E-state index contributed by atoms with van der Waals surface area (Å²) < 4.78 is 0. The topological polar surface area (TPSA) is 70.1 Å². The van der Waals surface area contributed by atoms with Crippen LogP contribution < -0.4 is 5.73 Å². The van der Waals surface area contributed by atoms with Gasteiger partial charge in [-0.1, -0.05) is 12.8 Å². The third-order valence-corrected chi connectivity index (χ3v) is 4.70. The van der Waals surface area contributed by atoms with Gasteiger partial charge >= 0.3 is 0 Å². The molecule has 1 heterocycles. The van der Waals surface area contributed by atoms with Crippen LogP contribution in [0.15, 0.2) is 0 Å². The molecule has 0 aromatic heterocycles. The zero-order chi connectivity index (χ0) is 12.0. The van der Waals surface area contributed by atoms with Crippen molar-refractivity contribution in [2.24, 2.45) is 17.6 Å². The van der Waals surface area contributed by atoms with Gasteiger partial charge in [0.2, 0.25) is 5.91 Å². The molecule has 1 amide bonds. The first kappa shape index (κ1) is 11.0. The van der Waals surface area contributed by atoms with Gasteiger partial charge in [-0.2, -0.15) is 5.26 Å². The Kier molecular flexibility index (Phi) is 2.59. The van der Waals surface area contributed by atoms with E-state index >= 15 is 0 Å². The van der Waals surface area contributed by atoms with Gasteiger partial charge in [0.05, 0.1) is 12.1 Å². The number of nitrogens with two attached hydrogens (primary N) is 1. The third-order valence-electron chi connectivity index (χ3n) is 4.70. The molecule has 1 aliphatic heterocycles. The lowest BCUT2D eigenvalue weighted by Gasteiger charge is -2.28. The highest BCUT2D eigenvalue weighted by molar-refractivity contribution is 5.83. The minimum absolute atomic E-state index is 0.0356. The Labute approximate surface area is 102 Å². The van der Waals surface area contributed by atoms with E-state index in [-0.39, 0.29) is 18.0 Å². The van der Waals surface area contributed by atoms with Crippen LogP contribution in [0.2, 0.25) is 0 Å². The lowest BCUT2D eigenvalue weighted by atomic mass is 9.97. The van der Waals surface area contributed by atoms with Crippen molar-refractivity contribution in [2.75, 3.05) is 0 Å². The van der Waals surface area contributed by atoms with Crippen LogP contribution in [-0.2, 0) is 4.79 Å². The Hall–Kier alpha value is -1.08. The average molecular weight is 233 g/mol. The van der Waals surface area contributed by atoms with Crippen LogP contribution >= 0.6 is 0 Å². The minimum Gasteiger partial charge on any atom is -0.322 e. The summed E-state index contributed by atoms with van der Waals surface area (Å²) in [7, 11) is 0. The maximum Gasteiger partial charge on any atom is 0.241 e. The van der Waals surface area contributed by atoms with E-state index in [1.807, 2.05) is 0 Å². The highest BCUT2D eigenvalue weighted by Crippen LogP contribution is 2.48. The molecular formula is C13H19N3O. The average Bonchev–Trinajstić information content (AvgIpc) is 2.83. The Morgan fingerprint density at radius 3 is 2.71 bits per heavy atom. The van der Waals surface area contributed by atoms with Gasteiger partial charge in [0, 0.05) is 6.04 Å². The molecule has 4 nitrogen and oxygen atoms in total. The lowest BCUT2D eigenvalue weighted by Crippen LogP contribution is -2.50. The maximum absolute atomic E-state index is 12.4. The van der Waals surface area contributed by atoms with E-state index in [1.54, 1.807) is 4.90 Å². The Bertz CT molecular complexity index is 369. The van der Waals surface area contributed by atoms with E-state index < -0.39 is 0 Å². The predicted octanol–water partition coefficient (Wildman–Crippen LogP) is 1.02. The molecule has 0 radical (unpaired) electrons. The van der Waals surface area contributed by atoms with Crippen molar-refractivity contribution in [1.29, 1.82) is 5.26 Å². The van der Waals surface area contributed by atoms with Crippen LogP contribution in [0.1, 0.15) is 38.5 Å². The quantitative estimate of drug-likeness (QED) is 0.774. The van der Waals surface area contributed by atoms with Crippen LogP contribution in [0.25, 0.3) is 0 Å². The fraction of sp³-hybridized carbons (Fsp3) is 0.846. The van der Waals surface area contributed by atoms with Crippen molar-refractivity contribution in [2.45, 2.75) is 56.7 Å². The second kappa shape index (κ2) is 3.99. The van der Waals surface area contributed by atoms with Crippen LogP contribution in [-0.4, -0.2) is 28.9 Å². The number of hydrogen-bond acceptors (Lipinski definition) is 3. The van der Waals surface area contributed by atoms with E-state index in [4.69, 9.17) is 11.0 Å². The number of likely N-dealkylation sites (tertiary alicyclic amines) is 1. The number of fused-ring (bicyclic) bond motifs is 1. The van der Waals surface area contributed by atoms with Gasteiger partial charge in [-0.05, 0) is 37.5 Å². The predicted molar refractivity (Wildman–Crippen MR) is 62.7 cm³/mol. The van der Waals surface area contributed by atoms with Gasteiger partial charge in [0.15, 0.2) is 0 Å². The highest BCUT2D eigenvalue weighted by Gasteiger charge is 2.55. The first-order chi connectivity index (χ1) is 8.22. The number of nitrogens with zero attached hydrogens (tertiary/aromatic N) is 2. The summed E-state index contributed by atoms with van der Waals surface area (Å²) >= 11 is 0. The smallest absolute Gasteiger partial charge is 0.241 e. The highest BCUT2D eigenvalue weighted by atomic mass is 16.2. The van der Waals surface area contributed by atoms with Crippen LogP contribution in [0.5, 0.6) is 0 Å². The summed E-state index contributed by atoms with van der Waals surface area (Å²) in [6.45, 7) is 0. The Morgan fingerprint density at radius 1 is 1.35 bits per heavy atom. The van der Waals surface area contributed by atoms with E-state index in [0.717, 1.165) is 25.7 Å². The third kappa shape index (κ3) is 1.73. The summed E-state index contributed by atoms with van der Waals surface area (Å²) in [4.78, 5) is 14.2. The van der Waals surface area contributed by atoms with Crippen LogP contribution in [0.4, 0.5) is 0 Å². The Morgan fingerprint density at radius 2 is 2.06 bits per heavy atom. The summed E-state index contributed by atoms with van der Waals surface area (Å²) in [5, 5.41) is 9.09. The summed E-state index contributed by atoms with van der Waals surface area (Å²) in [5.41, 5.74) is 6.10. The lowest BCUT2D eigenvalue weighted by molar-refractivity contribution is -0.134. The summed E-state index contributed by atoms with van der Waals surface area (Å²) in [6.07, 6.45) is 6.49. The number of piperidine rings is 1. The molecule has 0 spiro atoms. The maximum atomic E-state index is 12.4. The molecule has 1 unspecified atom stereocenters. The molecule has 1 saturated heterocycles. The van der Waals surface area contributed by atoms with E-state index in [0.29, 0.717) is 17.9 Å². The molecule has 2 N–H and O–H groups in total. The van der Waals surface area contributed by atoms with Gasteiger partial charge < -0.3 is 10.6 Å². The van der Waals surface area contributed by atoms with Crippen LogP contribution in [0.3, 0.4) is 0 Å². The fourth-order valence-corrected chi connectivity index (χ4v) is 3.58. The van der Waals surface area contributed by atoms with Crippen molar-refractivity contribution >= 4 is 5.91 Å². The van der Waals surface area contributed by atoms with Gasteiger partial charge in [-0.15, -0.1) is 0 Å². The van der Waals surface area contributed by atoms with Gasteiger partial charge in [0.25, 0.3) is 0 Å². The standard InChI is InChI=1S/C13H19N3O/c14-7-10-5-9-6-11(9)16(10)13(17)12(15)8-3-1-2-4-8/h8-12H,1-6,15H2/t9-,10+,11+,12?/m1/s1. The first-order valence-corrected chi connectivity index (χ1v) is 6.69. The van der Waals surface area contributed by atoms with Gasteiger partial charge in [0.1, 0.15) is 6.04 Å². The molecule has 0 bridgehead atoms. The molecule has 3 fully saturated rings. The fourth-order valence-electron chi connectivity index (χ4n) is 3.58. The van der Waals surface area contributed by atoms with Crippen molar-refractivity contribution in [3.8, 4) is 6.07 Å². The van der Waals surface area contributed by atoms with E-state index in [9.17, 15) is 4.79 Å². The molecule has 3 rings (SSSR count). The number of amides is 1. The SMILES string of the molecule is N#C[C@@H]1C[C@@H]2C[C@@H]2N1C(=O)C(N)C1CCCC1. The van der Waals surface area contributed by atoms with Crippen LogP contribution in [0, 0.1) is 23.2 Å². The number of rotatable bonds is 2. The summed E-state index contributed by atoms with van der Waals surface area (Å²) in [5.74, 6) is 0.965. The minimum atomic E-state index is -0.368. The molecule has 2 saturated carbocycles. The van der Waals surface area contributed by atoms with E-state index in [1.165, 1.54) is 12.8 Å². The number of carbonyl (C=O) groups excluding carboxylic acids is 1. The molecule has 92 valence electrons. The zero-order valence-electron chi connectivity index (χ0n) is 10.0. The first-order valence-electron chi connectivity index (χ1n) is 6.69. The van der Waals surface area contributed by atoms with Crippen molar-refractivity contribution in [3.63, 3.8) is 0 Å². The van der Waals surface area contributed by atoms with Crippen molar-refractivity contribution in [3.05, 3.63) is 0 Å². The molecule has 0 aromatic carbocycles.